The number of amides is 1. The monoisotopic (exact) mass is 324 g/mol. The molecule has 1 aliphatic rings. The van der Waals surface area contributed by atoms with Gasteiger partial charge in [-0.25, -0.2) is 0 Å². The average molecular weight is 325 g/mol. The molecule has 2 rings (SSSR count). The van der Waals surface area contributed by atoms with Crippen LogP contribution in [0.4, 0.5) is 0 Å². The zero-order valence-electron chi connectivity index (χ0n) is 13.8. The Bertz CT molecular complexity index is 441. The number of aryl methyl sites for hydroxylation is 1. The summed E-state index contributed by atoms with van der Waals surface area (Å²) in [6, 6.07) is 9.06. The highest BCUT2D eigenvalue weighted by Crippen LogP contribution is 2.24. The van der Waals surface area contributed by atoms with Crippen molar-refractivity contribution in [2.45, 2.75) is 52.0 Å². The summed E-state index contributed by atoms with van der Waals surface area (Å²) in [5.41, 5.74) is 2.60. The van der Waals surface area contributed by atoms with Gasteiger partial charge in [0.2, 0.25) is 5.91 Å². The minimum Gasteiger partial charge on any atom is -0.354 e. The van der Waals surface area contributed by atoms with Gasteiger partial charge in [0, 0.05) is 13.0 Å². The fraction of sp³-hybridized carbons (Fsp3) is 0.611. The molecule has 1 N–H and O–H groups in total. The normalized spacial score (nSPS) is 16.1. The van der Waals surface area contributed by atoms with Crippen LogP contribution in [0.15, 0.2) is 24.3 Å². The maximum absolute atomic E-state index is 11.9. The van der Waals surface area contributed by atoms with E-state index in [1.165, 1.54) is 24.0 Å². The molecule has 1 amide bonds. The molecule has 0 spiro atoms. The summed E-state index contributed by atoms with van der Waals surface area (Å²) in [7, 11) is 0. The molecule has 22 heavy (non-hydrogen) atoms. The summed E-state index contributed by atoms with van der Waals surface area (Å²) in [4.78, 5) is 14.4. The molecular weight excluding hydrogens is 296 g/mol. The first kappa shape index (κ1) is 19.0. The van der Waals surface area contributed by atoms with Gasteiger partial charge in [0.05, 0.1) is 6.04 Å². The third-order valence-electron chi connectivity index (χ3n) is 4.29. The van der Waals surface area contributed by atoms with Crippen LogP contribution in [0.5, 0.6) is 0 Å². The van der Waals surface area contributed by atoms with Crippen molar-refractivity contribution in [1.29, 1.82) is 0 Å². The smallest absolute Gasteiger partial charge is 0.220 e. The lowest BCUT2D eigenvalue weighted by Crippen LogP contribution is -2.36. The maximum Gasteiger partial charge on any atom is 0.220 e. The van der Waals surface area contributed by atoms with Gasteiger partial charge in [-0.05, 0) is 44.8 Å². The fourth-order valence-corrected chi connectivity index (χ4v) is 2.94. The third kappa shape index (κ3) is 5.62. The first-order chi connectivity index (χ1) is 10.2. The predicted octanol–water partition coefficient (Wildman–Crippen LogP) is 3.86. The van der Waals surface area contributed by atoms with Crippen LogP contribution in [0.1, 0.15) is 56.2 Å². The van der Waals surface area contributed by atoms with Crippen molar-refractivity contribution in [3.05, 3.63) is 35.4 Å². The van der Waals surface area contributed by atoms with E-state index >= 15 is 0 Å². The molecule has 0 bridgehead atoms. The van der Waals surface area contributed by atoms with Gasteiger partial charge in [0.1, 0.15) is 0 Å². The Kier molecular flexibility index (Phi) is 8.51. The van der Waals surface area contributed by atoms with E-state index in [1.54, 1.807) is 0 Å². The summed E-state index contributed by atoms with van der Waals surface area (Å²) in [6.07, 6.45) is 5.24. The van der Waals surface area contributed by atoms with E-state index in [1.807, 2.05) is 0 Å². The highest BCUT2D eigenvalue weighted by molar-refractivity contribution is 5.85. The fourth-order valence-electron chi connectivity index (χ4n) is 2.94. The van der Waals surface area contributed by atoms with Crippen molar-refractivity contribution in [1.82, 2.24) is 10.2 Å². The first-order valence-corrected chi connectivity index (χ1v) is 8.28. The Morgan fingerprint density at radius 3 is 2.45 bits per heavy atom. The minimum atomic E-state index is 0. The number of rotatable bonds is 7. The first-order valence-electron chi connectivity index (χ1n) is 8.28. The molecule has 1 heterocycles. The molecule has 1 aromatic carbocycles. The van der Waals surface area contributed by atoms with Crippen LogP contribution in [0.2, 0.25) is 0 Å². The van der Waals surface area contributed by atoms with Crippen LogP contribution >= 0.6 is 12.4 Å². The number of carbonyl (C=O) groups is 1. The molecule has 4 heteroatoms. The summed E-state index contributed by atoms with van der Waals surface area (Å²) in [6.45, 7) is 7.24. The van der Waals surface area contributed by atoms with Crippen LogP contribution in [-0.4, -0.2) is 30.4 Å². The standard InChI is InChI=1S/C18H28N2O.ClH/c1-3-4-7-18(21)19-14-17(20-12-5-6-13-20)16-10-8-15(2)9-11-16;/h8-11,17H,3-7,12-14H2,1-2H3,(H,19,21);1H. The van der Waals surface area contributed by atoms with Gasteiger partial charge in [-0.15, -0.1) is 12.4 Å². The largest absolute Gasteiger partial charge is 0.354 e. The molecule has 1 saturated heterocycles. The summed E-state index contributed by atoms with van der Waals surface area (Å²) in [5.74, 6) is 0.188. The van der Waals surface area contributed by atoms with E-state index in [0.29, 0.717) is 12.5 Å². The van der Waals surface area contributed by atoms with Gasteiger partial charge >= 0.3 is 0 Å². The van der Waals surface area contributed by atoms with Crippen LogP contribution < -0.4 is 5.32 Å². The van der Waals surface area contributed by atoms with Crippen LogP contribution in [0.25, 0.3) is 0 Å². The lowest BCUT2D eigenvalue weighted by molar-refractivity contribution is -0.121. The van der Waals surface area contributed by atoms with Crippen molar-refractivity contribution in [2.24, 2.45) is 0 Å². The Morgan fingerprint density at radius 2 is 1.86 bits per heavy atom. The van der Waals surface area contributed by atoms with Crippen LogP contribution in [0.3, 0.4) is 0 Å². The van der Waals surface area contributed by atoms with E-state index in [9.17, 15) is 4.79 Å². The molecular formula is C18H29ClN2O. The molecule has 1 aromatic rings. The number of benzene rings is 1. The Balaban J connectivity index is 0.00000242. The van der Waals surface area contributed by atoms with Gasteiger partial charge in [-0.2, -0.15) is 0 Å². The number of hydrogen-bond donors (Lipinski definition) is 1. The zero-order chi connectivity index (χ0) is 15.1. The average Bonchev–Trinajstić information content (AvgIpc) is 3.01. The highest BCUT2D eigenvalue weighted by Gasteiger charge is 2.23. The number of nitrogens with one attached hydrogen (secondary N) is 1. The summed E-state index contributed by atoms with van der Waals surface area (Å²) in [5, 5.41) is 3.13. The molecule has 1 atom stereocenters. The third-order valence-corrected chi connectivity index (χ3v) is 4.29. The Labute approximate surface area is 140 Å². The molecule has 0 aromatic heterocycles. The molecule has 124 valence electrons. The lowest BCUT2D eigenvalue weighted by Gasteiger charge is -2.28. The molecule has 3 nitrogen and oxygen atoms in total. The number of likely N-dealkylation sites (tertiary alicyclic amines) is 1. The SMILES string of the molecule is CCCCC(=O)NCC(c1ccc(C)cc1)N1CCCC1.Cl. The van der Waals surface area contributed by atoms with Crippen molar-refractivity contribution < 1.29 is 4.79 Å². The van der Waals surface area contributed by atoms with E-state index in [2.05, 4.69) is 48.3 Å². The Morgan fingerprint density at radius 1 is 1.23 bits per heavy atom. The highest BCUT2D eigenvalue weighted by atomic mass is 35.5. The van der Waals surface area contributed by atoms with Gasteiger partial charge in [-0.3, -0.25) is 9.69 Å². The summed E-state index contributed by atoms with van der Waals surface area (Å²) >= 11 is 0. The van der Waals surface area contributed by atoms with Gasteiger partial charge in [0.25, 0.3) is 0 Å². The number of carbonyl (C=O) groups excluding carboxylic acids is 1. The molecule has 1 aliphatic heterocycles. The van der Waals surface area contributed by atoms with Crippen molar-refractivity contribution in [3.8, 4) is 0 Å². The molecule has 0 radical (unpaired) electrons. The van der Waals surface area contributed by atoms with Gasteiger partial charge < -0.3 is 5.32 Å². The number of nitrogens with zero attached hydrogens (tertiary/aromatic N) is 1. The van der Waals surface area contributed by atoms with Gasteiger partial charge in [-0.1, -0.05) is 43.2 Å². The van der Waals surface area contributed by atoms with Gasteiger partial charge in [0.15, 0.2) is 0 Å². The van der Waals surface area contributed by atoms with E-state index in [-0.39, 0.29) is 18.3 Å². The maximum atomic E-state index is 11.9. The van der Waals surface area contributed by atoms with Crippen LogP contribution in [-0.2, 0) is 4.79 Å². The van der Waals surface area contributed by atoms with E-state index in [4.69, 9.17) is 0 Å². The second-order valence-corrected chi connectivity index (χ2v) is 6.08. The Hall–Kier alpha value is -1.06. The van der Waals surface area contributed by atoms with Crippen molar-refractivity contribution in [2.75, 3.05) is 19.6 Å². The second kappa shape index (κ2) is 9.86. The quantitative estimate of drug-likeness (QED) is 0.826. The van der Waals surface area contributed by atoms with E-state index < -0.39 is 0 Å². The van der Waals surface area contributed by atoms with Crippen LogP contribution in [0, 0.1) is 6.92 Å². The van der Waals surface area contributed by atoms with Crippen molar-refractivity contribution >= 4 is 18.3 Å². The number of halogens is 1. The molecule has 0 saturated carbocycles. The molecule has 1 fully saturated rings. The number of unbranched alkanes of at least 4 members (excludes halogenated alkanes) is 1. The lowest BCUT2D eigenvalue weighted by atomic mass is 10.0. The summed E-state index contributed by atoms with van der Waals surface area (Å²) < 4.78 is 0. The minimum absolute atomic E-state index is 0. The van der Waals surface area contributed by atoms with E-state index in [0.717, 1.165) is 32.5 Å². The second-order valence-electron chi connectivity index (χ2n) is 6.08. The predicted molar refractivity (Wildman–Crippen MR) is 94.5 cm³/mol. The molecule has 0 aliphatic carbocycles. The topological polar surface area (TPSA) is 32.3 Å². The molecule has 1 unspecified atom stereocenters. The number of hydrogen-bond acceptors (Lipinski definition) is 2. The van der Waals surface area contributed by atoms with Crippen molar-refractivity contribution in [3.63, 3.8) is 0 Å². The zero-order valence-corrected chi connectivity index (χ0v) is 14.6.